The minimum absolute atomic E-state index is 0.00365. The molecule has 0 unspecified atom stereocenters. The Bertz CT molecular complexity index is 1680. The molecule has 41 heavy (non-hydrogen) atoms. The number of rotatable bonds is 9. The van der Waals surface area contributed by atoms with Gasteiger partial charge in [-0.25, -0.2) is 4.99 Å². The number of carbonyl (C=O) groups excluding carboxylic acids is 1. The van der Waals surface area contributed by atoms with Crippen molar-refractivity contribution in [3.05, 3.63) is 119 Å². The number of fused-ring (bicyclic) bond motifs is 1. The summed E-state index contributed by atoms with van der Waals surface area (Å²) in [6.07, 6.45) is 0. The first-order valence-electron chi connectivity index (χ1n) is 13.2. The number of amides is 1. The number of anilines is 1. The molecule has 1 aromatic heterocycles. The zero-order valence-electron chi connectivity index (χ0n) is 23.1. The lowest BCUT2D eigenvalue weighted by Gasteiger charge is -2.19. The Kier molecular flexibility index (Phi) is 8.38. The van der Waals surface area contributed by atoms with Crippen molar-refractivity contribution in [1.29, 1.82) is 0 Å². The maximum absolute atomic E-state index is 12.5. The molecule has 0 radical (unpaired) electrons. The topological polar surface area (TPSA) is 81.2 Å². The van der Waals surface area contributed by atoms with Crippen LogP contribution in [0.3, 0.4) is 0 Å². The number of carbonyl (C=O) groups is 1. The van der Waals surface area contributed by atoms with Crippen LogP contribution in [0.15, 0.2) is 102 Å². The predicted octanol–water partition coefficient (Wildman–Crippen LogP) is 6.80. The zero-order valence-corrected chi connectivity index (χ0v) is 23.9. The number of hydrogen-bond donors (Lipinski definition) is 2. The molecule has 0 aliphatic heterocycles. The number of aliphatic imine (C=N–C) groups is 1. The largest absolute Gasteiger partial charge is 0.494 e. The van der Waals surface area contributed by atoms with E-state index in [4.69, 9.17) is 21.3 Å². The number of likely N-dealkylation sites (N-methyl/N-ethyl adjacent to an activating group) is 2. The molecule has 4 aromatic carbocycles. The van der Waals surface area contributed by atoms with Gasteiger partial charge in [0, 0.05) is 28.7 Å². The highest BCUT2D eigenvalue weighted by molar-refractivity contribution is 6.31. The normalized spacial score (nSPS) is 11.7. The molecule has 0 fully saturated rings. The molecule has 5 aromatic rings. The Labute approximate surface area is 244 Å². The van der Waals surface area contributed by atoms with Crippen LogP contribution in [-0.2, 0) is 11.4 Å². The van der Waals surface area contributed by atoms with Gasteiger partial charge in [-0.1, -0.05) is 48.0 Å². The minimum atomic E-state index is -0.0103. The number of nitrogens with zero attached hydrogens (tertiary/aromatic N) is 3. The van der Waals surface area contributed by atoms with Crippen LogP contribution < -0.4 is 9.64 Å². The third-order valence-electron chi connectivity index (χ3n) is 6.66. The van der Waals surface area contributed by atoms with E-state index in [1.165, 1.54) is 0 Å². The molecular weight excluding hydrogens is 536 g/mol. The van der Waals surface area contributed by atoms with Crippen LogP contribution in [0.2, 0.25) is 5.02 Å². The summed E-state index contributed by atoms with van der Waals surface area (Å²) < 4.78 is 5.98. The smallest absolute Gasteiger partial charge is 0.240 e. The van der Waals surface area contributed by atoms with Crippen LogP contribution in [0.4, 0.5) is 11.4 Å². The molecule has 0 saturated carbocycles. The monoisotopic (exact) mass is 566 g/mol. The highest BCUT2D eigenvalue weighted by atomic mass is 35.5. The number of H-pyrrole nitrogens is 1. The second-order valence-corrected chi connectivity index (χ2v) is 10.4. The average molecular weight is 567 g/mol. The molecule has 5 rings (SSSR count). The lowest BCUT2D eigenvalue weighted by atomic mass is 10.0. The van der Waals surface area contributed by atoms with Crippen molar-refractivity contribution in [3.8, 4) is 11.6 Å². The molecule has 1 amide bonds. The van der Waals surface area contributed by atoms with Gasteiger partial charge in [0.1, 0.15) is 12.4 Å². The summed E-state index contributed by atoms with van der Waals surface area (Å²) in [4.78, 5) is 24.0. The molecular formula is C33H31ClN4O3. The minimum Gasteiger partial charge on any atom is -0.494 e. The average Bonchev–Trinajstić information content (AvgIpc) is 3.29. The predicted molar refractivity (Wildman–Crippen MR) is 166 cm³/mol. The Balaban J connectivity index is 1.50. The molecule has 7 nitrogen and oxygen atoms in total. The lowest BCUT2D eigenvalue weighted by molar-refractivity contribution is -0.118. The van der Waals surface area contributed by atoms with Gasteiger partial charge >= 0.3 is 0 Å². The summed E-state index contributed by atoms with van der Waals surface area (Å²) in [5.41, 5.74) is 5.17. The second-order valence-electron chi connectivity index (χ2n) is 10.0. The van der Waals surface area contributed by atoms with E-state index < -0.39 is 0 Å². The summed E-state index contributed by atoms with van der Waals surface area (Å²) in [5, 5.41) is 12.4. The zero-order chi connectivity index (χ0) is 28.9. The van der Waals surface area contributed by atoms with E-state index in [2.05, 4.69) is 4.98 Å². The van der Waals surface area contributed by atoms with E-state index in [9.17, 15) is 9.90 Å². The third kappa shape index (κ3) is 6.60. The summed E-state index contributed by atoms with van der Waals surface area (Å²) >= 11 is 6.21. The van der Waals surface area contributed by atoms with Crippen LogP contribution in [0.1, 0.15) is 16.7 Å². The SMILES string of the molecule is CN(C)CC(=O)N(C)c1ccc(N=C(c2ccc(OCc3ccccc3)cc2)c2c(O)[nH]c3cc(Cl)ccc23)cc1. The fraction of sp³-hybridized carbons (Fsp3) is 0.152. The first-order valence-corrected chi connectivity index (χ1v) is 13.5. The highest BCUT2D eigenvalue weighted by Gasteiger charge is 2.19. The summed E-state index contributed by atoms with van der Waals surface area (Å²) in [6, 6.07) is 30.5. The number of halogens is 1. The van der Waals surface area contributed by atoms with Crippen molar-refractivity contribution in [3.63, 3.8) is 0 Å². The van der Waals surface area contributed by atoms with Gasteiger partial charge in [0.05, 0.1) is 29.0 Å². The number of ether oxygens (including phenoxy) is 1. The van der Waals surface area contributed by atoms with E-state index >= 15 is 0 Å². The van der Waals surface area contributed by atoms with E-state index in [0.717, 1.165) is 28.0 Å². The van der Waals surface area contributed by atoms with Gasteiger partial charge in [-0.2, -0.15) is 0 Å². The first kappa shape index (κ1) is 28.0. The standard InChI is InChI=1S/C33H31ClN4O3/c1-37(2)20-30(39)38(3)26-14-12-25(13-15-26)35-32(31-28-18-11-24(34)19-29(28)36-33(31)40)23-9-16-27(17-10-23)41-21-22-7-5-4-6-8-22/h4-19,36,40H,20-21H2,1-3H3. The quantitative estimate of drug-likeness (QED) is 0.192. The molecule has 2 N–H and O–H groups in total. The molecule has 1 heterocycles. The molecule has 208 valence electrons. The Morgan fingerprint density at radius 1 is 0.927 bits per heavy atom. The summed E-state index contributed by atoms with van der Waals surface area (Å²) in [7, 11) is 5.48. The van der Waals surface area contributed by atoms with Crippen LogP contribution in [0.25, 0.3) is 10.9 Å². The number of aromatic hydroxyl groups is 1. The van der Waals surface area contributed by atoms with Gasteiger partial charge in [0.15, 0.2) is 5.88 Å². The van der Waals surface area contributed by atoms with Crippen molar-refractivity contribution >= 4 is 45.5 Å². The number of nitrogens with one attached hydrogen (secondary N) is 1. The second kappa shape index (κ2) is 12.3. The van der Waals surface area contributed by atoms with E-state index in [1.807, 2.05) is 104 Å². The van der Waals surface area contributed by atoms with Crippen molar-refractivity contribution in [2.24, 2.45) is 4.99 Å². The number of hydrogen-bond acceptors (Lipinski definition) is 5. The maximum Gasteiger partial charge on any atom is 0.240 e. The van der Waals surface area contributed by atoms with Crippen LogP contribution in [0.5, 0.6) is 11.6 Å². The van der Waals surface area contributed by atoms with Crippen molar-refractivity contribution in [2.45, 2.75) is 6.61 Å². The maximum atomic E-state index is 12.5. The van der Waals surface area contributed by atoms with Gasteiger partial charge < -0.3 is 24.6 Å². The van der Waals surface area contributed by atoms with Gasteiger partial charge in [0.2, 0.25) is 5.91 Å². The highest BCUT2D eigenvalue weighted by Crippen LogP contribution is 2.33. The molecule has 8 heteroatoms. The van der Waals surface area contributed by atoms with Gasteiger partial charge in [-0.15, -0.1) is 0 Å². The lowest BCUT2D eigenvalue weighted by Crippen LogP contribution is -2.34. The van der Waals surface area contributed by atoms with Crippen molar-refractivity contribution in [1.82, 2.24) is 9.88 Å². The van der Waals surface area contributed by atoms with E-state index in [-0.39, 0.29) is 11.8 Å². The van der Waals surface area contributed by atoms with Crippen LogP contribution in [-0.4, -0.2) is 54.3 Å². The van der Waals surface area contributed by atoms with E-state index in [1.54, 1.807) is 24.1 Å². The molecule has 0 aliphatic rings. The van der Waals surface area contributed by atoms with Crippen molar-refractivity contribution < 1.29 is 14.6 Å². The first-order chi connectivity index (χ1) is 19.8. The Hall–Kier alpha value is -4.59. The van der Waals surface area contributed by atoms with Gasteiger partial charge in [-0.05, 0) is 80.3 Å². The fourth-order valence-electron chi connectivity index (χ4n) is 4.51. The van der Waals surface area contributed by atoms with Gasteiger partial charge in [0.25, 0.3) is 0 Å². The van der Waals surface area contributed by atoms with Crippen LogP contribution >= 0.6 is 11.6 Å². The van der Waals surface area contributed by atoms with E-state index in [0.29, 0.717) is 40.7 Å². The van der Waals surface area contributed by atoms with Crippen LogP contribution in [0, 0.1) is 0 Å². The molecule has 0 atom stereocenters. The summed E-state index contributed by atoms with van der Waals surface area (Å²) in [6.45, 7) is 0.776. The number of benzene rings is 4. The molecule has 0 saturated heterocycles. The third-order valence-corrected chi connectivity index (χ3v) is 6.89. The number of aromatic nitrogens is 1. The summed E-state index contributed by atoms with van der Waals surface area (Å²) in [5.74, 6) is 0.710. The molecule has 0 aliphatic carbocycles. The number of aromatic amines is 1. The molecule has 0 bridgehead atoms. The Morgan fingerprint density at radius 3 is 2.32 bits per heavy atom. The van der Waals surface area contributed by atoms with Gasteiger partial charge in [-0.3, -0.25) is 4.79 Å². The Morgan fingerprint density at radius 2 is 1.63 bits per heavy atom. The van der Waals surface area contributed by atoms with Crippen molar-refractivity contribution in [2.75, 3.05) is 32.6 Å². The fourth-order valence-corrected chi connectivity index (χ4v) is 4.68. The molecule has 0 spiro atoms.